The van der Waals surface area contributed by atoms with Gasteiger partial charge < -0.3 is 0 Å². The molecule has 0 N–H and O–H groups in total. The van der Waals surface area contributed by atoms with Crippen LogP contribution in [0.15, 0.2) is 42.5 Å². The fourth-order valence-corrected chi connectivity index (χ4v) is 1.70. The summed E-state index contributed by atoms with van der Waals surface area (Å²) in [6.07, 6.45) is 0. The van der Waals surface area contributed by atoms with E-state index in [1.165, 1.54) is 6.07 Å². The molecule has 86 valence electrons. The first-order chi connectivity index (χ1) is 8.09. The van der Waals surface area contributed by atoms with Gasteiger partial charge in [0.05, 0.1) is 21.6 Å². The molecule has 2 aromatic carbocycles. The van der Waals surface area contributed by atoms with Gasteiger partial charge in [-0.15, -0.1) is 0 Å². The molecule has 2 rings (SSSR count). The number of hydrogen-bond acceptors (Lipinski definition) is 2. The smallest absolute Gasteiger partial charge is 0.258 e. The molecule has 0 radical (unpaired) electrons. The van der Waals surface area contributed by atoms with E-state index < -0.39 is 10.7 Å². The summed E-state index contributed by atoms with van der Waals surface area (Å²) in [6, 6.07) is 10.8. The standard InChI is InChI=1S/C12H7ClFNO2/c13-10-6-9(8-4-2-1-3-5-8)12(15(16)17)7-11(10)14/h1-7H. The predicted octanol–water partition coefficient (Wildman–Crippen LogP) is 4.05. The second kappa shape index (κ2) is 4.51. The molecule has 0 spiro atoms. The topological polar surface area (TPSA) is 43.1 Å². The normalized spacial score (nSPS) is 10.2. The fourth-order valence-electron chi connectivity index (χ4n) is 1.54. The molecular formula is C12H7ClFNO2. The number of hydrogen-bond donors (Lipinski definition) is 0. The number of rotatable bonds is 2. The first-order valence-corrected chi connectivity index (χ1v) is 5.16. The van der Waals surface area contributed by atoms with Crippen LogP contribution in [0.5, 0.6) is 0 Å². The Morgan fingerprint density at radius 3 is 2.41 bits per heavy atom. The molecule has 0 aliphatic rings. The zero-order chi connectivity index (χ0) is 12.4. The second-order valence-electron chi connectivity index (χ2n) is 3.41. The maximum absolute atomic E-state index is 13.2. The average Bonchev–Trinajstić information content (AvgIpc) is 2.33. The summed E-state index contributed by atoms with van der Waals surface area (Å²) in [7, 11) is 0. The number of nitro groups is 1. The van der Waals surface area contributed by atoms with Crippen LogP contribution in [0.1, 0.15) is 0 Å². The highest BCUT2D eigenvalue weighted by atomic mass is 35.5. The van der Waals surface area contributed by atoms with Gasteiger partial charge in [-0.1, -0.05) is 41.9 Å². The van der Waals surface area contributed by atoms with Crippen LogP contribution in [0.4, 0.5) is 10.1 Å². The average molecular weight is 252 g/mol. The van der Waals surface area contributed by atoms with Crippen LogP contribution in [0.2, 0.25) is 5.02 Å². The minimum absolute atomic E-state index is 0.130. The predicted molar refractivity (Wildman–Crippen MR) is 63.5 cm³/mol. The SMILES string of the molecule is O=[N+]([O-])c1cc(F)c(Cl)cc1-c1ccccc1. The minimum atomic E-state index is -0.793. The van der Waals surface area contributed by atoms with E-state index in [0.717, 1.165) is 6.07 Å². The molecule has 0 fully saturated rings. The van der Waals surface area contributed by atoms with Crippen molar-refractivity contribution in [1.29, 1.82) is 0 Å². The molecule has 0 aromatic heterocycles. The molecule has 0 heterocycles. The number of benzene rings is 2. The Morgan fingerprint density at radius 1 is 1.18 bits per heavy atom. The van der Waals surface area contributed by atoms with Gasteiger partial charge in [-0.2, -0.15) is 0 Å². The van der Waals surface area contributed by atoms with Crippen molar-refractivity contribution in [3.63, 3.8) is 0 Å². The molecule has 0 saturated carbocycles. The second-order valence-corrected chi connectivity index (χ2v) is 3.81. The molecule has 0 atom stereocenters. The highest BCUT2D eigenvalue weighted by Crippen LogP contribution is 2.33. The van der Waals surface area contributed by atoms with Crippen LogP contribution in [0.25, 0.3) is 11.1 Å². The lowest BCUT2D eigenvalue weighted by Crippen LogP contribution is -1.94. The summed E-state index contributed by atoms with van der Waals surface area (Å²) in [4.78, 5) is 10.2. The van der Waals surface area contributed by atoms with E-state index in [2.05, 4.69) is 0 Å². The van der Waals surface area contributed by atoms with Gasteiger partial charge >= 0.3 is 0 Å². The fraction of sp³-hybridized carbons (Fsp3) is 0. The summed E-state index contributed by atoms with van der Waals surface area (Å²) in [5.41, 5.74) is 0.640. The van der Waals surface area contributed by atoms with Crippen molar-refractivity contribution in [3.05, 3.63) is 63.4 Å². The third kappa shape index (κ3) is 2.26. The van der Waals surface area contributed by atoms with E-state index >= 15 is 0 Å². The van der Waals surface area contributed by atoms with Crippen LogP contribution in [0.3, 0.4) is 0 Å². The van der Waals surface area contributed by atoms with Crippen LogP contribution >= 0.6 is 11.6 Å². The lowest BCUT2D eigenvalue weighted by molar-refractivity contribution is -0.384. The molecule has 0 bridgehead atoms. The molecule has 0 aliphatic heterocycles. The summed E-state index contributed by atoms with van der Waals surface area (Å²) in [5.74, 6) is -0.793. The molecule has 3 nitrogen and oxygen atoms in total. The van der Waals surface area contributed by atoms with E-state index in [-0.39, 0.29) is 10.7 Å². The molecule has 0 saturated heterocycles. The molecule has 17 heavy (non-hydrogen) atoms. The molecular weight excluding hydrogens is 245 g/mol. The van der Waals surface area contributed by atoms with E-state index in [9.17, 15) is 14.5 Å². The van der Waals surface area contributed by atoms with Crippen molar-refractivity contribution < 1.29 is 9.31 Å². The van der Waals surface area contributed by atoms with E-state index in [1.54, 1.807) is 30.3 Å². The number of halogens is 2. The van der Waals surface area contributed by atoms with Gasteiger partial charge in [-0.3, -0.25) is 10.1 Å². The van der Waals surface area contributed by atoms with Gasteiger partial charge in [0.2, 0.25) is 0 Å². The van der Waals surface area contributed by atoms with Crippen molar-refractivity contribution in [3.8, 4) is 11.1 Å². The van der Waals surface area contributed by atoms with E-state index in [0.29, 0.717) is 11.1 Å². The first kappa shape index (κ1) is 11.5. The van der Waals surface area contributed by atoms with Crippen LogP contribution in [-0.4, -0.2) is 4.92 Å². The van der Waals surface area contributed by atoms with E-state index in [1.807, 2.05) is 0 Å². The molecule has 0 unspecified atom stereocenters. The quantitative estimate of drug-likeness (QED) is 0.597. The lowest BCUT2D eigenvalue weighted by atomic mass is 10.0. The Bertz CT molecular complexity index is 572. The van der Waals surface area contributed by atoms with Crippen LogP contribution < -0.4 is 0 Å². The highest BCUT2D eigenvalue weighted by molar-refractivity contribution is 6.31. The molecule has 0 aliphatic carbocycles. The Morgan fingerprint density at radius 2 is 1.82 bits per heavy atom. The maximum atomic E-state index is 13.2. The van der Waals surface area contributed by atoms with Gasteiger partial charge in [0.15, 0.2) is 0 Å². The van der Waals surface area contributed by atoms with Crippen LogP contribution in [-0.2, 0) is 0 Å². The highest BCUT2D eigenvalue weighted by Gasteiger charge is 2.18. The van der Waals surface area contributed by atoms with Crippen molar-refractivity contribution in [2.24, 2.45) is 0 Å². The summed E-state index contributed by atoms with van der Waals surface area (Å²) in [5, 5.41) is 10.7. The zero-order valence-electron chi connectivity index (χ0n) is 8.56. The summed E-state index contributed by atoms with van der Waals surface area (Å²) < 4.78 is 13.2. The van der Waals surface area contributed by atoms with Crippen molar-refractivity contribution >= 4 is 17.3 Å². The number of nitro benzene ring substituents is 1. The lowest BCUT2D eigenvalue weighted by Gasteiger charge is -2.04. The van der Waals surface area contributed by atoms with Crippen molar-refractivity contribution in [2.45, 2.75) is 0 Å². The maximum Gasteiger partial charge on any atom is 0.280 e. The summed E-state index contributed by atoms with van der Waals surface area (Å²) in [6.45, 7) is 0. The Balaban J connectivity index is 2.68. The van der Waals surface area contributed by atoms with Crippen LogP contribution in [0, 0.1) is 15.9 Å². The Hall–Kier alpha value is -1.94. The third-order valence-corrected chi connectivity index (χ3v) is 2.61. The summed E-state index contributed by atoms with van der Waals surface area (Å²) >= 11 is 5.64. The van der Waals surface area contributed by atoms with Gasteiger partial charge in [0, 0.05) is 0 Å². The minimum Gasteiger partial charge on any atom is -0.258 e. The van der Waals surface area contributed by atoms with Crippen molar-refractivity contribution in [1.82, 2.24) is 0 Å². The van der Waals surface area contributed by atoms with Gasteiger partial charge in [0.1, 0.15) is 5.82 Å². The molecule has 0 amide bonds. The largest absolute Gasteiger partial charge is 0.280 e. The Labute approximate surface area is 102 Å². The van der Waals surface area contributed by atoms with Crippen molar-refractivity contribution in [2.75, 3.05) is 0 Å². The zero-order valence-corrected chi connectivity index (χ0v) is 9.32. The monoisotopic (exact) mass is 251 g/mol. The number of nitrogens with zero attached hydrogens (tertiary/aromatic N) is 1. The van der Waals surface area contributed by atoms with E-state index in [4.69, 9.17) is 11.6 Å². The Kier molecular flexibility index (Phi) is 3.06. The van der Waals surface area contributed by atoms with Gasteiger partial charge in [-0.05, 0) is 11.6 Å². The third-order valence-electron chi connectivity index (χ3n) is 2.32. The van der Waals surface area contributed by atoms with Gasteiger partial charge in [0.25, 0.3) is 5.69 Å². The van der Waals surface area contributed by atoms with Gasteiger partial charge in [-0.25, -0.2) is 4.39 Å². The molecule has 5 heteroatoms. The molecule has 2 aromatic rings. The first-order valence-electron chi connectivity index (χ1n) is 4.78.